The van der Waals surface area contributed by atoms with Crippen molar-refractivity contribution in [2.75, 3.05) is 18.4 Å². The molecule has 0 unspecified atom stereocenters. The molecule has 29 heavy (non-hydrogen) atoms. The quantitative estimate of drug-likeness (QED) is 0.679. The third-order valence-electron chi connectivity index (χ3n) is 4.74. The lowest BCUT2D eigenvalue weighted by molar-refractivity contribution is 0.102. The van der Waals surface area contributed by atoms with Gasteiger partial charge in [-0.2, -0.15) is 4.31 Å². The highest BCUT2D eigenvalue weighted by Crippen LogP contribution is 2.26. The average molecular weight is 416 g/mol. The maximum atomic E-state index is 12.6. The molecule has 1 amide bonds. The number of rotatable bonds is 5. The van der Waals surface area contributed by atoms with Crippen molar-refractivity contribution >= 4 is 21.9 Å². The summed E-state index contributed by atoms with van der Waals surface area (Å²) in [6.07, 6.45) is 1.73. The summed E-state index contributed by atoms with van der Waals surface area (Å²) in [5, 5.41) is 10.3. The van der Waals surface area contributed by atoms with Crippen LogP contribution in [0.4, 0.5) is 6.01 Å². The molecule has 0 bridgehead atoms. The number of anilines is 1. The molecule has 9 nitrogen and oxygen atoms in total. The van der Waals surface area contributed by atoms with Crippen LogP contribution in [0.1, 0.15) is 34.7 Å². The van der Waals surface area contributed by atoms with E-state index >= 15 is 0 Å². The Morgan fingerprint density at radius 1 is 1.07 bits per heavy atom. The van der Waals surface area contributed by atoms with Gasteiger partial charge >= 0.3 is 6.01 Å². The molecule has 4 rings (SSSR count). The zero-order chi connectivity index (χ0) is 20.6. The molecule has 1 aliphatic heterocycles. The fourth-order valence-electron chi connectivity index (χ4n) is 3.25. The fraction of sp³-hybridized carbons (Fsp3) is 0.316. The van der Waals surface area contributed by atoms with Gasteiger partial charge in [0.2, 0.25) is 10.0 Å². The smallest absolute Gasteiger partial charge is 0.322 e. The number of nitrogens with zero attached hydrogens (tertiary/aromatic N) is 3. The number of sulfonamides is 1. The predicted octanol–water partition coefficient (Wildman–Crippen LogP) is 2.98. The Balaban J connectivity index is 1.47. The van der Waals surface area contributed by atoms with E-state index in [1.807, 2.05) is 6.92 Å². The molecule has 152 valence electrons. The summed E-state index contributed by atoms with van der Waals surface area (Å²) >= 11 is 0. The van der Waals surface area contributed by atoms with Crippen LogP contribution < -0.4 is 5.32 Å². The molecule has 0 atom stereocenters. The molecule has 3 heterocycles. The van der Waals surface area contributed by atoms with Crippen molar-refractivity contribution in [3.63, 3.8) is 0 Å². The maximum absolute atomic E-state index is 12.6. The van der Waals surface area contributed by atoms with Crippen LogP contribution in [0.5, 0.6) is 0 Å². The van der Waals surface area contributed by atoms with Gasteiger partial charge in [0.1, 0.15) is 11.5 Å². The molecule has 1 N–H and O–H groups in total. The van der Waals surface area contributed by atoms with E-state index in [9.17, 15) is 13.2 Å². The molecule has 2 aromatic heterocycles. The SMILES string of the molecule is Cc1cc(-c2nnc(NC(=O)c3ccc(S(=O)(=O)N4CCCC4)cc3)o2)c(C)o1. The number of hydrogen-bond donors (Lipinski definition) is 1. The summed E-state index contributed by atoms with van der Waals surface area (Å²) in [6, 6.07) is 7.49. The molecule has 1 aromatic carbocycles. The first-order valence-corrected chi connectivity index (χ1v) is 10.6. The predicted molar refractivity (Wildman–Crippen MR) is 104 cm³/mol. The third-order valence-corrected chi connectivity index (χ3v) is 6.65. The van der Waals surface area contributed by atoms with E-state index in [2.05, 4.69) is 15.5 Å². The van der Waals surface area contributed by atoms with Gasteiger partial charge in [-0.05, 0) is 57.0 Å². The van der Waals surface area contributed by atoms with Crippen LogP contribution in [-0.2, 0) is 10.0 Å². The van der Waals surface area contributed by atoms with Crippen LogP contribution in [0.25, 0.3) is 11.5 Å². The van der Waals surface area contributed by atoms with Crippen LogP contribution in [0.3, 0.4) is 0 Å². The van der Waals surface area contributed by atoms with Gasteiger partial charge in [-0.1, -0.05) is 5.10 Å². The van der Waals surface area contributed by atoms with Gasteiger partial charge in [0.25, 0.3) is 11.8 Å². The Labute approximate surface area is 167 Å². The molecule has 0 spiro atoms. The number of carbonyl (C=O) groups excluding carboxylic acids is 1. The van der Waals surface area contributed by atoms with Crippen LogP contribution >= 0.6 is 0 Å². The highest BCUT2D eigenvalue weighted by atomic mass is 32.2. The van der Waals surface area contributed by atoms with Crippen LogP contribution in [0.15, 0.2) is 44.1 Å². The number of carbonyl (C=O) groups is 1. The zero-order valence-corrected chi connectivity index (χ0v) is 16.8. The minimum Gasteiger partial charge on any atom is -0.466 e. The normalized spacial score (nSPS) is 15.0. The number of benzene rings is 1. The van der Waals surface area contributed by atoms with Gasteiger partial charge < -0.3 is 8.83 Å². The lowest BCUT2D eigenvalue weighted by Gasteiger charge is -2.15. The number of amides is 1. The second kappa shape index (κ2) is 7.45. The summed E-state index contributed by atoms with van der Waals surface area (Å²) in [5.41, 5.74) is 0.937. The van der Waals surface area contributed by atoms with Crippen LogP contribution in [0, 0.1) is 13.8 Å². The van der Waals surface area contributed by atoms with E-state index in [0.717, 1.165) is 12.8 Å². The van der Waals surface area contributed by atoms with Gasteiger partial charge in [0, 0.05) is 18.7 Å². The first-order valence-electron chi connectivity index (χ1n) is 9.17. The van der Waals surface area contributed by atoms with Crippen LogP contribution in [0.2, 0.25) is 0 Å². The van der Waals surface area contributed by atoms with Gasteiger partial charge in [-0.25, -0.2) is 8.42 Å². The molecule has 0 aliphatic carbocycles. The highest BCUT2D eigenvalue weighted by Gasteiger charge is 2.27. The molecule has 0 saturated carbocycles. The lowest BCUT2D eigenvalue weighted by Crippen LogP contribution is -2.27. The van der Waals surface area contributed by atoms with Crippen molar-refractivity contribution in [2.45, 2.75) is 31.6 Å². The number of furan rings is 1. The first kappa shape index (κ1) is 19.3. The number of aryl methyl sites for hydroxylation is 2. The summed E-state index contributed by atoms with van der Waals surface area (Å²) in [6.45, 7) is 4.64. The van der Waals surface area contributed by atoms with Crippen molar-refractivity contribution in [3.05, 3.63) is 47.4 Å². The van der Waals surface area contributed by atoms with Gasteiger partial charge in [-0.3, -0.25) is 10.1 Å². The van der Waals surface area contributed by atoms with Crippen molar-refractivity contribution in [3.8, 4) is 11.5 Å². The van der Waals surface area contributed by atoms with Crippen molar-refractivity contribution in [2.24, 2.45) is 0 Å². The third kappa shape index (κ3) is 3.81. The molecular formula is C19H20N4O5S. The van der Waals surface area contributed by atoms with E-state index in [4.69, 9.17) is 8.83 Å². The van der Waals surface area contributed by atoms with E-state index in [0.29, 0.717) is 30.2 Å². The van der Waals surface area contributed by atoms with Crippen molar-refractivity contribution < 1.29 is 22.0 Å². The summed E-state index contributed by atoms with van der Waals surface area (Å²) in [5.74, 6) is 1.11. The van der Waals surface area contributed by atoms with Crippen molar-refractivity contribution in [1.29, 1.82) is 0 Å². The summed E-state index contributed by atoms with van der Waals surface area (Å²) in [7, 11) is -3.52. The van der Waals surface area contributed by atoms with Gasteiger partial charge in [0.05, 0.1) is 10.5 Å². The van der Waals surface area contributed by atoms with Gasteiger partial charge in [-0.15, -0.1) is 5.10 Å². The Morgan fingerprint density at radius 3 is 2.38 bits per heavy atom. The molecule has 1 saturated heterocycles. The molecule has 10 heteroatoms. The summed E-state index contributed by atoms with van der Waals surface area (Å²) < 4.78 is 37.5. The van der Waals surface area contributed by atoms with E-state index in [-0.39, 0.29) is 22.4 Å². The summed E-state index contributed by atoms with van der Waals surface area (Å²) in [4.78, 5) is 12.6. The molecular weight excluding hydrogens is 396 g/mol. The largest absolute Gasteiger partial charge is 0.466 e. The second-order valence-electron chi connectivity index (χ2n) is 6.83. The first-order chi connectivity index (χ1) is 13.8. The van der Waals surface area contributed by atoms with E-state index < -0.39 is 15.9 Å². The number of aromatic nitrogens is 2. The Kier molecular flexibility index (Phi) is 4.97. The minimum atomic E-state index is -3.52. The number of nitrogens with one attached hydrogen (secondary N) is 1. The fourth-order valence-corrected chi connectivity index (χ4v) is 4.77. The molecule has 1 aliphatic rings. The topological polar surface area (TPSA) is 119 Å². The molecule has 0 radical (unpaired) electrons. The monoisotopic (exact) mass is 416 g/mol. The van der Waals surface area contributed by atoms with E-state index in [1.165, 1.54) is 28.6 Å². The highest BCUT2D eigenvalue weighted by molar-refractivity contribution is 7.89. The standard InChI is InChI=1S/C19H20N4O5S/c1-12-11-16(13(2)27-12)18-21-22-19(28-18)20-17(24)14-5-7-15(8-6-14)29(25,26)23-9-3-4-10-23/h5-8,11H,3-4,9-10H2,1-2H3,(H,20,22,24). The number of hydrogen-bond acceptors (Lipinski definition) is 7. The van der Waals surface area contributed by atoms with Crippen molar-refractivity contribution in [1.82, 2.24) is 14.5 Å². The maximum Gasteiger partial charge on any atom is 0.322 e. The lowest BCUT2D eigenvalue weighted by atomic mass is 10.2. The molecule has 3 aromatic rings. The Hall–Kier alpha value is -2.98. The Morgan fingerprint density at radius 2 is 1.76 bits per heavy atom. The van der Waals surface area contributed by atoms with Gasteiger partial charge in [0.15, 0.2) is 0 Å². The average Bonchev–Trinajstić information content (AvgIpc) is 3.43. The van der Waals surface area contributed by atoms with Crippen LogP contribution in [-0.4, -0.2) is 41.9 Å². The Bertz CT molecular complexity index is 1140. The minimum absolute atomic E-state index is 0.0583. The molecule has 1 fully saturated rings. The van der Waals surface area contributed by atoms with E-state index in [1.54, 1.807) is 13.0 Å². The second-order valence-corrected chi connectivity index (χ2v) is 8.77. The zero-order valence-electron chi connectivity index (χ0n) is 16.0.